The molecular formula is C13H14FN3. The fraction of sp³-hybridized carbons (Fsp3) is 0.231. The van der Waals surface area contributed by atoms with E-state index in [1.54, 1.807) is 18.3 Å². The predicted octanol–water partition coefficient (Wildman–Crippen LogP) is 2.39. The molecule has 1 aromatic carbocycles. The number of hydrogen-bond donors (Lipinski definition) is 1. The van der Waals surface area contributed by atoms with E-state index in [0.29, 0.717) is 12.4 Å². The zero-order chi connectivity index (χ0) is 12.1. The zero-order valence-corrected chi connectivity index (χ0v) is 9.65. The van der Waals surface area contributed by atoms with E-state index in [0.717, 1.165) is 17.8 Å². The average molecular weight is 231 g/mol. The van der Waals surface area contributed by atoms with E-state index in [2.05, 4.69) is 15.3 Å². The van der Waals surface area contributed by atoms with Crippen molar-refractivity contribution in [3.63, 3.8) is 0 Å². The number of nitrogens with zero attached hydrogens (tertiary/aromatic N) is 2. The number of nitrogens with one attached hydrogen (secondary N) is 1. The van der Waals surface area contributed by atoms with Gasteiger partial charge in [-0.1, -0.05) is 19.1 Å². The van der Waals surface area contributed by atoms with E-state index >= 15 is 0 Å². The maximum absolute atomic E-state index is 13.1. The Bertz CT molecular complexity index is 500. The van der Waals surface area contributed by atoms with Crippen molar-refractivity contribution in [1.82, 2.24) is 15.3 Å². The second-order valence-electron chi connectivity index (χ2n) is 3.65. The van der Waals surface area contributed by atoms with Crippen LogP contribution in [-0.2, 0) is 6.54 Å². The van der Waals surface area contributed by atoms with Crippen molar-refractivity contribution >= 4 is 0 Å². The summed E-state index contributed by atoms with van der Waals surface area (Å²) in [5, 5.41) is 3.16. The third-order valence-corrected chi connectivity index (χ3v) is 2.36. The van der Waals surface area contributed by atoms with Gasteiger partial charge < -0.3 is 5.32 Å². The van der Waals surface area contributed by atoms with Gasteiger partial charge in [0.05, 0.1) is 12.2 Å². The fourth-order valence-corrected chi connectivity index (χ4v) is 1.53. The molecule has 3 nitrogen and oxygen atoms in total. The van der Waals surface area contributed by atoms with Crippen molar-refractivity contribution in [3.05, 3.63) is 48.2 Å². The van der Waals surface area contributed by atoms with E-state index in [9.17, 15) is 4.39 Å². The number of benzene rings is 1. The van der Waals surface area contributed by atoms with E-state index < -0.39 is 0 Å². The largest absolute Gasteiger partial charge is 0.310 e. The smallest absolute Gasteiger partial charge is 0.142 e. The Morgan fingerprint density at radius 3 is 2.94 bits per heavy atom. The molecule has 2 rings (SSSR count). The quantitative estimate of drug-likeness (QED) is 0.878. The lowest BCUT2D eigenvalue weighted by Crippen LogP contribution is -2.14. The summed E-state index contributed by atoms with van der Waals surface area (Å²) < 4.78 is 13.1. The zero-order valence-electron chi connectivity index (χ0n) is 9.65. The van der Waals surface area contributed by atoms with Gasteiger partial charge in [-0.2, -0.15) is 0 Å². The molecule has 0 radical (unpaired) electrons. The molecule has 1 heterocycles. The molecular weight excluding hydrogens is 217 g/mol. The van der Waals surface area contributed by atoms with Gasteiger partial charge in [0, 0.05) is 11.8 Å². The Morgan fingerprint density at radius 2 is 2.18 bits per heavy atom. The third-order valence-electron chi connectivity index (χ3n) is 2.36. The van der Waals surface area contributed by atoms with Gasteiger partial charge in [0.2, 0.25) is 0 Å². The first-order valence-electron chi connectivity index (χ1n) is 5.58. The van der Waals surface area contributed by atoms with Crippen LogP contribution < -0.4 is 5.32 Å². The minimum Gasteiger partial charge on any atom is -0.310 e. The second-order valence-corrected chi connectivity index (χ2v) is 3.65. The third kappa shape index (κ3) is 3.07. The van der Waals surface area contributed by atoms with Crippen LogP contribution >= 0.6 is 0 Å². The van der Waals surface area contributed by atoms with Gasteiger partial charge in [0.1, 0.15) is 11.6 Å². The Labute approximate surface area is 99.7 Å². The van der Waals surface area contributed by atoms with E-state index in [1.165, 1.54) is 12.1 Å². The highest BCUT2D eigenvalue weighted by Crippen LogP contribution is 2.17. The van der Waals surface area contributed by atoms with Crippen LogP contribution in [0.5, 0.6) is 0 Å². The summed E-state index contributed by atoms with van der Waals surface area (Å²) in [4.78, 5) is 8.54. The molecule has 0 saturated carbocycles. The standard InChI is InChI=1S/C13H14FN3/c1-2-15-9-13-16-7-6-12(17-13)10-4-3-5-11(14)8-10/h3-8,15H,2,9H2,1H3. The maximum atomic E-state index is 13.1. The van der Waals surface area contributed by atoms with Crippen LogP contribution in [0, 0.1) is 5.82 Å². The highest BCUT2D eigenvalue weighted by molar-refractivity contribution is 5.58. The summed E-state index contributed by atoms with van der Waals surface area (Å²) in [5.41, 5.74) is 1.51. The van der Waals surface area contributed by atoms with E-state index in [4.69, 9.17) is 0 Å². The monoisotopic (exact) mass is 231 g/mol. The van der Waals surface area contributed by atoms with Crippen LogP contribution in [0.25, 0.3) is 11.3 Å². The van der Waals surface area contributed by atoms with Gasteiger partial charge in [0.15, 0.2) is 0 Å². The summed E-state index contributed by atoms with van der Waals surface area (Å²) in [7, 11) is 0. The minimum absolute atomic E-state index is 0.255. The molecule has 0 spiro atoms. The van der Waals surface area contributed by atoms with Gasteiger partial charge in [-0.15, -0.1) is 0 Å². The van der Waals surface area contributed by atoms with Crippen molar-refractivity contribution in [1.29, 1.82) is 0 Å². The Hall–Kier alpha value is -1.81. The highest BCUT2D eigenvalue weighted by atomic mass is 19.1. The van der Waals surface area contributed by atoms with Crippen molar-refractivity contribution in [3.8, 4) is 11.3 Å². The summed E-state index contributed by atoms with van der Waals surface area (Å²) in [6.07, 6.45) is 1.69. The number of aromatic nitrogens is 2. The number of halogens is 1. The molecule has 2 aromatic rings. The molecule has 0 aliphatic rings. The first kappa shape index (κ1) is 11.7. The Morgan fingerprint density at radius 1 is 1.29 bits per heavy atom. The Kier molecular flexibility index (Phi) is 3.77. The summed E-state index contributed by atoms with van der Waals surface area (Å²) in [6.45, 7) is 3.52. The highest BCUT2D eigenvalue weighted by Gasteiger charge is 2.02. The van der Waals surface area contributed by atoms with Gasteiger partial charge in [-0.3, -0.25) is 0 Å². The van der Waals surface area contributed by atoms with Crippen LogP contribution in [0.4, 0.5) is 4.39 Å². The molecule has 0 unspecified atom stereocenters. The van der Waals surface area contributed by atoms with Crippen LogP contribution in [0.2, 0.25) is 0 Å². The first-order chi connectivity index (χ1) is 8.29. The number of hydrogen-bond acceptors (Lipinski definition) is 3. The summed E-state index contributed by atoms with van der Waals surface area (Å²) >= 11 is 0. The van der Waals surface area contributed by atoms with Crippen molar-refractivity contribution in [2.75, 3.05) is 6.54 Å². The topological polar surface area (TPSA) is 37.8 Å². The first-order valence-corrected chi connectivity index (χ1v) is 5.58. The molecule has 1 aromatic heterocycles. The molecule has 0 aliphatic carbocycles. The lowest BCUT2D eigenvalue weighted by Gasteiger charge is -2.04. The van der Waals surface area contributed by atoms with Gasteiger partial charge in [-0.25, -0.2) is 14.4 Å². The van der Waals surface area contributed by atoms with Crippen LogP contribution in [0.15, 0.2) is 36.5 Å². The molecule has 0 amide bonds. The van der Waals surface area contributed by atoms with Crippen LogP contribution in [-0.4, -0.2) is 16.5 Å². The van der Waals surface area contributed by atoms with Gasteiger partial charge in [0.25, 0.3) is 0 Å². The molecule has 0 saturated heterocycles. The predicted molar refractivity (Wildman–Crippen MR) is 64.8 cm³/mol. The van der Waals surface area contributed by atoms with Crippen molar-refractivity contribution < 1.29 is 4.39 Å². The minimum atomic E-state index is -0.255. The maximum Gasteiger partial charge on any atom is 0.142 e. The summed E-state index contributed by atoms with van der Waals surface area (Å²) in [5.74, 6) is 0.461. The molecule has 0 bridgehead atoms. The van der Waals surface area contributed by atoms with Crippen LogP contribution in [0.1, 0.15) is 12.7 Å². The normalized spacial score (nSPS) is 10.5. The molecule has 0 aliphatic heterocycles. The molecule has 17 heavy (non-hydrogen) atoms. The number of rotatable bonds is 4. The lowest BCUT2D eigenvalue weighted by molar-refractivity contribution is 0.628. The second kappa shape index (κ2) is 5.50. The van der Waals surface area contributed by atoms with Crippen molar-refractivity contribution in [2.24, 2.45) is 0 Å². The molecule has 1 N–H and O–H groups in total. The van der Waals surface area contributed by atoms with Crippen molar-refractivity contribution in [2.45, 2.75) is 13.5 Å². The fourth-order valence-electron chi connectivity index (χ4n) is 1.53. The van der Waals surface area contributed by atoms with Gasteiger partial charge in [-0.05, 0) is 24.7 Å². The van der Waals surface area contributed by atoms with Crippen LogP contribution in [0.3, 0.4) is 0 Å². The molecule has 0 atom stereocenters. The molecule has 4 heteroatoms. The lowest BCUT2D eigenvalue weighted by atomic mass is 10.1. The average Bonchev–Trinajstić information content (AvgIpc) is 2.37. The van der Waals surface area contributed by atoms with Gasteiger partial charge >= 0.3 is 0 Å². The molecule has 0 fully saturated rings. The SMILES string of the molecule is CCNCc1nccc(-c2cccc(F)c2)n1. The van der Waals surface area contributed by atoms with E-state index in [-0.39, 0.29) is 5.82 Å². The molecule has 88 valence electrons. The summed E-state index contributed by atoms with van der Waals surface area (Å²) in [6, 6.07) is 8.19. The van der Waals surface area contributed by atoms with E-state index in [1.807, 2.05) is 13.0 Å². The Balaban J connectivity index is 2.26.